The molecule has 2 N–H and O–H groups in total. The first kappa shape index (κ1) is 18.2. The van der Waals surface area contributed by atoms with Crippen LogP contribution in [0.2, 0.25) is 0 Å². The lowest BCUT2D eigenvalue weighted by atomic mass is 9.99. The van der Waals surface area contributed by atoms with Crippen LogP contribution in [0.25, 0.3) is 0 Å². The lowest BCUT2D eigenvalue weighted by molar-refractivity contribution is 0.189. The van der Waals surface area contributed by atoms with E-state index in [0.717, 1.165) is 31.4 Å². The molecule has 5 nitrogen and oxygen atoms in total. The molecule has 1 saturated heterocycles. The van der Waals surface area contributed by atoms with Crippen molar-refractivity contribution in [2.45, 2.75) is 32.6 Å². The molecule has 2 rings (SSSR count). The van der Waals surface area contributed by atoms with Crippen molar-refractivity contribution in [1.29, 1.82) is 5.26 Å². The molecule has 1 aliphatic heterocycles. The van der Waals surface area contributed by atoms with Gasteiger partial charge in [-0.2, -0.15) is 5.26 Å². The zero-order valence-corrected chi connectivity index (χ0v) is 14.1. The monoisotopic (exact) mass is 332 g/mol. The van der Waals surface area contributed by atoms with Gasteiger partial charge in [0.05, 0.1) is 11.3 Å². The second kappa shape index (κ2) is 9.24. The molecule has 6 heteroatoms. The minimum absolute atomic E-state index is 0.115. The number of carbonyl (C=O) groups excluding carboxylic acids is 1. The molecule has 0 aromatic heterocycles. The summed E-state index contributed by atoms with van der Waals surface area (Å²) in [5, 5.41) is 14.3. The van der Waals surface area contributed by atoms with Crippen LogP contribution < -0.4 is 10.6 Å². The highest BCUT2D eigenvalue weighted by molar-refractivity contribution is 5.90. The second-order valence-corrected chi connectivity index (χ2v) is 6.41. The van der Waals surface area contributed by atoms with E-state index in [1.54, 1.807) is 0 Å². The van der Waals surface area contributed by atoms with E-state index in [-0.39, 0.29) is 11.6 Å². The van der Waals surface area contributed by atoms with E-state index >= 15 is 0 Å². The Morgan fingerprint density at radius 1 is 1.38 bits per heavy atom. The Balaban J connectivity index is 1.63. The minimum Gasteiger partial charge on any atom is -0.338 e. The number of anilines is 1. The molecule has 0 radical (unpaired) electrons. The molecule has 0 aliphatic carbocycles. The smallest absolute Gasteiger partial charge is 0.319 e. The largest absolute Gasteiger partial charge is 0.338 e. The van der Waals surface area contributed by atoms with E-state index in [0.29, 0.717) is 12.2 Å². The third kappa shape index (κ3) is 5.82. The number of carbonyl (C=O) groups is 1. The number of likely N-dealkylation sites (tertiary alicyclic amines) is 1. The summed E-state index contributed by atoms with van der Waals surface area (Å²) < 4.78 is 13.1. The fourth-order valence-electron chi connectivity index (χ4n) is 2.83. The Bertz CT molecular complexity index is 591. The van der Waals surface area contributed by atoms with Crippen molar-refractivity contribution < 1.29 is 9.18 Å². The van der Waals surface area contributed by atoms with Crippen LogP contribution >= 0.6 is 0 Å². The zero-order valence-electron chi connectivity index (χ0n) is 14.1. The van der Waals surface area contributed by atoms with E-state index in [9.17, 15) is 9.18 Å². The van der Waals surface area contributed by atoms with Gasteiger partial charge in [-0.3, -0.25) is 0 Å². The molecule has 2 amide bonds. The first-order chi connectivity index (χ1) is 11.6. The predicted octanol–water partition coefficient (Wildman–Crippen LogP) is 3.33. The number of rotatable bonds is 6. The van der Waals surface area contributed by atoms with Crippen LogP contribution in [-0.2, 0) is 0 Å². The van der Waals surface area contributed by atoms with Gasteiger partial charge in [-0.05, 0) is 69.4 Å². The van der Waals surface area contributed by atoms with Gasteiger partial charge in [0.2, 0.25) is 0 Å². The van der Waals surface area contributed by atoms with Gasteiger partial charge in [0.15, 0.2) is 0 Å². The van der Waals surface area contributed by atoms with Crippen LogP contribution in [0.15, 0.2) is 18.2 Å². The van der Waals surface area contributed by atoms with Gasteiger partial charge in [-0.25, -0.2) is 9.18 Å². The maximum absolute atomic E-state index is 13.1. The summed E-state index contributed by atoms with van der Waals surface area (Å²) in [5.74, 6) is 0.348. The molecule has 1 fully saturated rings. The molecule has 0 unspecified atom stereocenters. The number of nitrogens with one attached hydrogen (secondary N) is 2. The second-order valence-electron chi connectivity index (χ2n) is 6.41. The number of nitriles is 1. The van der Waals surface area contributed by atoms with Crippen molar-refractivity contribution in [2.24, 2.45) is 5.92 Å². The normalized spacial score (nSPS) is 15.7. The van der Waals surface area contributed by atoms with Crippen molar-refractivity contribution in [3.63, 3.8) is 0 Å². The van der Waals surface area contributed by atoms with Crippen molar-refractivity contribution in [3.05, 3.63) is 29.6 Å². The Morgan fingerprint density at radius 3 is 2.83 bits per heavy atom. The Labute approximate surface area is 142 Å². The van der Waals surface area contributed by atoms with Crippen molar-refractivity contribution in [3.8, 4) is 6.07 Å². The number of hydrogen-bond donors (Lipinski definition) is 2. The van der Waals surface area contributed by atoms with Crippen LogP contribution in [0.1, 0.15) is 38.2 Å². The zero-order chi connectivity index (χ0) is 17.4. The predicted molar refractivity (Wildman–Crippen MR) is 92.2 cm³/mol. The highest BCUT2D eigenvalue weighted by atomic mass is 19.1. The maximum Gasteiger partial charge on any atom is 0.319 e. The summed E-state index contributed by atoms with van der Waals surface area (Å²) >= 11 is 0. The number of piperidine rings is 1. The molecule has 24 heavy (non-hydrogen) atoms. The van der Waals surface area contributed by atoms with Crippen LogP contribution in [0.3, 0.4) is 0 Å². The summed E-state index contributed by atoms with van der Waals surface area (Å²) in [6.07, 6.45) is 4.52. The Hall–Kier alpha value is -2.13. The van der Waals surface area contributed by atoms with Gasteiger partial charge in [-0.1, -0.05) is 6.92 Å². The SMILES string of the molecule is CC1CCN(CCCCNC(=O)Nc2ccc(F)cc2C#N)CC1. The maximum atomic E-state index is 13.1. The molecular weight excluding hydrogens is 307 g/mol. The van der Waals surface area contributed by atoms with Crippen LogP contribution in [0.5, 0.6) is 0 Å². The molecule has 0 atom stereocenters. The van der Waals surface area contributed by atoms with Crippen LogP contribution in [0.4, 0.5) is 14.9 Å². The highest BCUT2D eigenvalue weighted by Gasteiger charge is 2.14. The van der Waals surface area contributed by atoms with Gasteiger partial charge >= 0.3 is 6.03 Å². The first-order valence-electron chi connectivity index (χ1n) is 8.55. The quantitative estimate of drug-likeness (QED) is 0.785. The third-order valence-electron chi connectivity index (χ3n) is 4.41. The van der Waals surface area contributed by atoms with Crippen molar-refractivity contribution in [2.75, 3.05) is 31.5 Å². The molecule has 130 valence electrons. The molecule has 0 saturated carbocycles. The van der Waals surface area contributed by atoms with E-state index in [4.69, 9.17) is 5.26 Å². The summed E-state index contributed by atoms with van der Waals surface area (Å²) in [6, 6.07) is 5.22. The topological polar surface area (TPSA) is 68.2 Å². The lowest BCUT2D eigenvalue weighted by Gasteiger charge is -2.30. The number of benzene rings is 1. The standard InChI is InChI=1S/C18H25FN4O/c1-14-6-10-23(11-7-14)9-3-2-8-21-18(24)22-17-5-4-16(19)12-15(17)13-20/h4-5,12,14H,2-3,6-11H2,1H3,(H2,21,22,24). The number of nitrogens with zero attached hydrogens (tertiary/aromatic N) is 2. The van der Waals surface area contributed by atoms with Gasteiger partial charge in [-0.15, -0.1) is 0 Å². The van der Waals surface area contributed by atoms with Gasteiger partial charge in [0.25, 0.3) is 0 Å². The Morgan fingerprint density at radius 2 is 2.12 bits per heavy atom. The van der Waals surface area contributed by atoms with Gasteiger partial charge in [0.1, 0.15) is 11.9 Å². The van der Waals surface area contributed by atoms with E-state index in [2.05, 4.69) is 22.5 Å². The molecule has 1 aromatic rings. The van der Waals surface area contributed by atoms with E-state index < -0.39 is 5.82 Å². The van der Waals surface area contributed by atoms with E-state index in [1.807, 2.05) is 6.07 Å². The van der Waals surface area contributed by atoms with Gasteiger partial charge < -0.3 is 15.5 Å². The average Bonchev–Trinajstić information content (AvgIpc) is 2.57. The van der Waals surface area contributed by atoms with Crippen LogP contribution in [0, 0.1) is 23.1 Å². The van der Waals surface area contributed by atoms with Gasteiger partial charge in [0, 0.05) is 6.54 Å². The Kier molecular flexibility index (Phi) is 7.01. The first-order valence-corrected chi connectivity index (χ1v) is 8.55. The van der Waals surface area contributed by atoms with E-state index in [1.165, 1.54) is 38.1 Å². The summed E-state index contributed by atoms with van der Waals surface area (Å²) in [4.78, 5) is 14.3. The summed E-state index contributed by atoms with van der Waals surface area (Å²) in [5.41, 5.74) is 0.434. The number of urea groups is 1. The minimum atomic E-state index is -0.496. The number of hydrogen-bond acceptors (Lipinski definition) is 3. The molecular formula is C18H25FN4O. The molecule has 0 spiro atoms. The third-order valence-corrected chi connectivity index (χ3v) is 4.41. The molecule has 1 heterocycles. The number of amides is 2. The fraction of sp³-hybridized carbons (Fsp3) is 0.556. The summed E-state index contributed by atoms with van der Waals surface area (Å²) in [6.45, 7) is 6.32. The number of unbranched alkanes of at least 4 members (excludes halogenated alkanes) is 1. The van der Waals surface area contributed by atoms with Crippen molar-refractivity contribution in [1.82, 2.24) is 10.2 Å². The molecule has 1 aliphatic rings. The molecule has 1 aromatic carbocycles. The van der Waals surface area contributed by atoms with Crippen LogP contribution in [-0.4, -0.2) is 37.1 Å². The lowest BCUT2D eigenvalue weighted by Crippen LogP contribution is -2.34. The van der Waals surface area contributed by atoms with Crippen molar-refractivity contribution >= 4 is 11.7 Å². The average molecular weight is 332 g/mol. The highest BCUT2D eigenvalue weighted by Crippen LogP contribution is 2.16. The summed E-state index contributed by atoms with van der Waals surface area (Å²) in [7, 11) is 0. The molecule has 0 bridgehead atoms. The number of halogens is 1. The fourth-order valence-corrected chi connectivity index (χ4v) is 2.83.